The molecule has 1 heterocycles. The fourth-order valence-electron chi connectivity index (χ4n) is 3.73. The Bertz CT molecular complexity index is 1230. The maximum Gasteiger partial charge on any atom is 0.491 e. The van der Waals surface area contributed by atoms with Crippen molar-refractivity contribution < 1.29 is 27.4 Å². The third-order valence-electron chi connectivity index (χ3n) is 5.17. The van der Waals surface area contributed by atoms with Gasteiger partial charge in [-0.1, -0.05) is 42.5 Å². The Labute approximate surface area is 189 Å². The van der Waals surface area contributed by atoms with Crippen LogP contribution in [-0.2, 0) is 10.3 Å². The van der Waals surface area contributed by atoms with Crippen LogP contribution in [0, 0.1) is 0 Å². The molecule has 3 aromatic carbocycles. The van der Waals surface area contributed by atoms with E-state index in [1.165, 1.54) is 6.07 Å². The van der Waals surface area contributed by atoms with Gasteiger partial charge < -0.3 is 15.2 Å². The summed E-state index contributed by atoms with van der Waals surface area (Å²) in [6, 6.07) is 19.2. The summed E-state index contributed by atoms with van der Waals surface area (Å²) in [5.74, 6) is -1.57. The predicted molar refractivity (Wildman–Crippen MR) is 116 cm³/mol. The molecule has 0 spiro atoms. The number of benzene rings is 3. The van der Waals surface area contributed by atoms with Gasteiger partial charge in [0.25, 0.3) is 0 Å². The molecule has 0 fully saturated rings. The van der Waals surface area contributed by atoms with E-state index in [0.717, 1.165) is 16.7 Å². The number of ether oxygens (including phenoxy) is 2. The Balaban J connectivity index is 1.88. The van der Waals surface area contributed by atoms with Gasteiger partial charge in [-0.3, -0.25) is 0 Å². The Morgan fingerprint density at radius 1 is 1.03 bits per heavy atom. The minimum atomic E-state index is -5.11. The van der Waals surface area contributed by atoms with Gasteiger partial charge in [-0.2, -0.15) is 13.2 Å². The standard InChI is InChI=1S/C23H16BrF3N2O3/c1-31-15-9-6-13(7-10-15)22(17-5-3-2-4-16(17)20(28)29-22)14-8-11-19(18(24)12-14)32-21(30)23(25,26)27/h2-12H,1H3,(H2,28,29). The third kappa shape index (κ3) is 3.62. The zero-order valence-electron chi connectivity index (χ0n) is 16.6. The summed E-state index contributed by atoms with van der Waals surface area (Å²) in [4.78, 5) is 16.1. The molecule has 2 N–H and O–H groups in total. The number of fused-ring (bicyclic) bond motifs is 1. The number of halogens is 4. The van der Waals surface area contributed by atoms with Crippen LogP contribution in [0.5, 0.6) is 11.5 Å². The molecule has 32 heavy (non-hydrogen) atoms. The highest BCUT2D eigenvalue weighted by atomic mass is 79.9. The van der Waals surface area contributed by atoms with Crippen molar-refractivity contribution in [1.82, 2.24) is 0 Å². The van der Waals surface area contributed by atoms with Crippen LogP contribution in [0.1, 0.15) is 22.3 Å². The van der Waals surface area contributed by atoms with E-state index in [-0.39, 0.29) is 10.2 Å². The van der Waals surface area contributed by atoms with Gasteiger partial charge in [0.2, 0.25) is 0 Å². The molecule has 0 aromatic heterocycles. The lowest BCUT2D eigenvalue weighted by Gasteiger charge is -2.29. The van der Waals surface area contributed by atoms with Crippen LogP contribution in [0.4, 0.5) is 13.2 Å². The number of methoxy groups -OCH3 is 1. The van der Waals surface area contributed by atoms with E-state index in [9.17, 15) is 18.0 Å². The van der Waals surface area contributed by atoms with Crippen molar-refractivity contribution in [2.75, 3.05) is 7.11 Å². The molecule has 9 heteroatoms. The SMILES string of the molecule is COc1ccc(C2(c3ccc(OC(=O)C(F)(F)F)c(Br)c3)N=C(N)c3ccccc32)cc1. The molecule has 0 saturated carbocycles. The minimum absolute atomic E-state index is 0.165. The zero-order chi connectivity index (χ0) is 23.1. The van der Waals surface area contributed by atoms with E-state index < -0.39 is 17.7 Å². The minimum Gasteiger partial charge on any atom is -0.497 e. The van der Waals surface area contributed by atoms with E-state index in [1.807, 2.05) is 36.4 Å². The molecule has 3 aromatic rings. The lowest BCUT2D eigenvalue weighted by molar-refractivity contribution is -0.189. The number of amidine groups is 1. The van der Waals surface area contributed by atoms with Gasteiger partial charge in [-0.15, -0.1) is 0 Å². The second-order valence-corrected chi connectivity index (χ2v) is 7.87. The number of nitrogens with two attached hydrogens (primary N) is 1. The molecule has 0 amide bonds. The number of carbonyl (C=O) groups excluding carboxylic acids is 1. The maximum absolute atomic E-state index is 12.6. The van der Waals surface area contributed by atoms with Crippen molar-refractivity contribution >= 4 is 27.7 Å². The smallest absolute Gasteiger partial charge is 0.491 e. The average molecular weight is 505 g/mol. The summed E-state index contributed by atoms with van der Waals surface area (Å²) in [7, 11) is 1.56. The Morgan fingerprint density at radius 2 is 1.69 bits per heavy atom. The van der Waals surface area contributed by atoms with E-state index >= 15 is 0 Å². The molecule has 5 nitrogen and oxygen atoms in total. The third-order valence-corrected chi connectivity index (χ3v) is 5.79. The van der Waals surface area contributed by atoms with Crippen molar-refractivity contribution in [2.24, 2.45) is 10.7 Å². The molecule has 164 valence electrons. The Kier molecular flexibility index (Phi) is 5.46. The highest BCUT2D eigenvalue weighted by Crippen LogP contribution is 2.47. The number of nitrogens with zero attached hydrogens (tertiary/aromatic N) is 1. The fourth-order valence-corrected chi connectivity index (χ4v) is 4.19. The van der Waals surface area contributed by atoms with Crippen molar-refractivity contribution in [3.8, 4) is 11.5 Å². The molecule has 0 saturated heterocycles. The fraction of sp³-hybridized carbons (Fsp3) is 0.130. The number of aliphatic imine (C=N–C) groups is 1. The maximum atomic E-state index is 12.6. The summed E-state index contributed by atoms with van der Waals surface area (Å²) in [5, 5.41) is 0. The topological polar surface area (TPSA) is 73.9 Å². The van der Waals surface area contributed by atoms with Gasteiger partial charge in [0.05, 0.1) is 11.6 Å². The second kappa shape index (κ2) is 7.98. The first-order valence-electron chi connectivity index (χ1n) is 9.35. The number of alkyl halides is 3. The van der Waals surface area contributed by atoms with Gasteiger partial charge in [0.15, 0.2) is 0 Å². The molecule has 0 bridgehead atoms. The molecule has 0 aliphatic carbocycles. The molecule has 1 aliphatic rings. The Morgan fingerprint density at radius 3 is 2.31 bits per heavy atom. The van der Waals surface area contributed by atoms with Crippen molar-refractivity contribution in [3.63, 3.8) is 0 Å². The van der Waals surface area contributed by atoms with Crippen molar-refractivity contribution in [1.29, 1.82) is 0 Å². The molecule has 1 unspecified atom stereocenters. The van der Waals surface area contributed by atoms with Crippen LogP contribution >= 0.6 is 15.9 Å². The molecule has 1 atom stereocenters. The van der Waals surface area contributed by atoms with Gasteiger partial charge in [-0.25, -0.2) is 9.79 Å². The quantitative estimate of drug-likeness (QED) is 0.403. The number of carbonyl (C=O) groups is 1. The number of esters is 1. The molecule has 0 radical (unpaired) electrons. The predicted octanol–water partition coefficient (Wildman–Crippen LogP) is 4.94. The van der Waals surface area contributed by atoms with E-state index in [1.54, 1.807) is 31.4 Å². The molecule has 4 rings (SSSR count). The summed E-state index contributed by atoms with van der Waals surface area (Å²) < 4.78 is 47.8. The van der Waals surface area contributed by atoms with E-state index in [4.69, 9.17) is 15.5 Å². The lowest BCUT2D eigenvalue weighted by atomic mass is 9.77. The first kappa shape index (κ1) is 21.9. The van der Waals surface area contributed by atoms with E-state index in [0.29, 0.717) is 17.1 Å². The Hall–Kier alpha value is -3.33. The van der Waals surface area contributed by atoms with Crippen LogP contribution in [0.15, 0.2) is 76.2 Å². The van der Waals surface area contributed by atoms with Gasteiger partial charge in [0, 0.05) is 5.56 Å². The molecular weight excluding hydrogens is 489 g/mol. The van der Waals surface area contributed by atoms with E-state index in [2.05, 4.69) is 20.7 Å². The van der Waals surface area contributed by atoms with Crippen LogP contribution in [0.3, 0.4) is 0 Å². The largest absolute Gasteiger partial charge is 0.497 e. The first-order chi connectivity index (χ1) is 15.2. The summed E-state index contributed by atoms with van der Waals surface area (Å²) >= 11 is 3.22. The van der Waals surface area contributed by atoms with Gasteiger partial charge in [-0.05, 0) is 56.9 Å². The summed E-state index contributed by atoms with van der Waals surface area (Å²) in [5.41, 5.74) is 8.17. The lowest BCUT2D eigenvalue weighted by Crippen LogP contribution is -2.28. The second-order valence-electron chi connectivity index (χ2n) is 7.01. The summed E-state index contributed by atoms with van der Waals surface area (Å²) in [6.45, 7) is 0. The van der Waals surface area contributed by atoms with Crippen molar-refractivity contribution in [3.05, 3.63) is 93.5 Å². The van der Waals surface area contributed by atoms with Crippen LogP contribution in [0.25, 0.3) is 0 Å². The van der Waals surface area contributed by atoms with Gasteiger partial charge >= 0.3 is 12.1 Å². The monoisotopic (exact) mass is 504 g/mol. The summed E-state index contributed by atoms with van der Waals surface area (Å²) in [6.07, 6.45) is -5.11. The number of hydrogen-bond donors (Lipinski definition) is 1. The van der Waals surface area contributed by atoms with Crippen molar-refractivity contribution in [2.45, 2.75) is 11.7 Å². The molecule has 1 aliphatic heterocycles. The normalized spacial score (nSPS) is 17.5. The zero-order valence-corrected chi connectivity index (χ0v) is 18.2. The van der Waals surface area contributed by atoms with Crippen LogP contribution in [-0.4, -0.2) is 25.1 Å². The van der Waals surface area contributed by atoms with Crippen LogP contribution < -0.4 is 15.2 Å². The highest BCUT2D eigenvalue weighted by molar-refractivity contribution is 9.10. The first-order valence-corrected chi connectivity index (χ1v) is 10.1. The highest BCUT2D eigenvalue weighted by Gasteiger charge is 2.44. The average Bonchev–Trinajstić information content (AvgIpc) is 3.08. The number of hydrogen-bond acceptors (Lipinski definition) is 5. The van der Waals surface area contributed by atoms with Crippen LogP contribution in [0.2, 0.25) is 0 Å². The number of rotatable bonds is 4. The van der Waals surface area contributed by atoms with Gasteiger partial charge in [0.1, 0.15) is 22.9 Å². The molecular formula is C23H16BrF3N2O3.